The van der Waals surface area contributed by atoms with Crippen LogP contribution in [-0.4, -0.2) is 31.2 Å². The molecule has 0 fully saturated rings. The molecule has 0 saturated heterocycles. The number of ether oxygens (including phenoxy) is 2. The van der Waals surface area contributed by atoms with Crippen LogP contribution in [0.2, 0.25) is 0 Å². The maximum absolute atomic E-state index is 12.4. The lowest BCUT2D eigenvalue weighted by Gasteiger charge is -2.16. The highest BCUT2D eigenvalue weighted by Gasteiger charge is 2.21. The number of hydrogen-bond donors (Lipinski definition) is 2. The lowest BCUT2D eigenvalue weighted by molar-refractivity contribution is -0.117. The van der Waals surface area contributed by atoms with E-state index in [1.54, 1.807) is 6.92 Å². The lowest BCUT2D eigenvalue weighted by Crippen LogP contribution is -2.19. The predicted octanol–water partition coefficient (Wildman–Crippen LogP) is 3.21. The van der Waals surface area contributed by atoms with Gasteiger partial charge in [-0.3, -0.25) is 4.79 Å². The molecule has 6 nitrogen and oxygen atoms in total. The van der Waals surface area contributed by atoms with Crippen molar-refractivity contribution in [2.75, 3.05) is 19.5 Å². The van der Waals surface area contributed by atoms with Gasteiger partial charge in [-0.1, -0.05) is 0 Å². The summed E-state index contributed by atoms with van der Waals surface area (Å²) < 4.78 is 10.4. The Morgan fingerprint density at radius 2 is 2.00 bits per heavy atom. The third-order valence-electron chi connectivity index (χ3n) is 3.42. The maximum Gasteiger partial charge on any atom is 0.335 e. The van der Waals surface area contributed by atoms with Gasteiger partial charge in [-0.25, -0.2) is 4.79 Å². The van der Waals surface area contributed by atoms with E-state index in [9.17, 15) is 14.7 Å². The largest absolute Gasteiger partial charge is 0.493 e. The van der Waals surface area contributed by atoms with Gasteiger partial charge < -0.3 is 19.9 Å². The molecule has 0 aliphatic carbocycles. The molecule has 0 spiro atoms. The number of benzene rings is 1. The number of amides is 1. The molecule has 23 heavy (non-hydrogen) atoms. The minimum Gasteiger partial charge on any atom is -0.493 e. The number of rotatable bonds is 6. The lowest BCUT2D eigenvalue weighted by atomic mass is 10.0. The number of nitrogens with one attached hydrogen (secondary N) is 1. The summed E-state index contributed by atoms with van der Waals surface area (Å²) in [6.45, 7) is 1.78. The fourth-order valence-corrected chi connectivity index (χ4v) is 2.85. The van der Waals surface area contributed by atoms with Crippen LogP contribution in [0.15, 0.2) is 29.0 Å². The van der Waals surface area contributed by atoms with Gasteiger partial charge in [0.05, 0.1) is 31.4 Å². The van der Waals surface area contributed by atoms with E-state index in [0.717, 1.165) is 5.56 Å². The van der Waals surface area contributed by atoms with Crippen LogP contribution in [-0.2, 0) is 4.79 Å². The van der Waals surface area contributed by atoms with Gasteiger partial charge in [-0.2, -0.15) is 11.3 Å². The van der Waals surface area contributed by atoms with E-state index >= 15 is 0 Å². The average molecular weight is 335 g/mol. The summed E-state index contributed by atoms with van der Waals surface area (Å²) in [7, 11) is 2.83. The molecule has 0 aliphatic rings. The molecular weight excluding hydrogens is 318 g/mol. The number of carboxylic acid groups (broad SMARTS) is 1. The van der Waals surface area contributed by atoms with Crippen molar-refractivity contribution in [2.24, 2.45) is 0 Å². The van der Waals surface area contributed by atoms with Crippen molar-refractivity contribution in [3.63, 3.8) is 0 Å². The van der Waals surface area contributed by atoms with Crippen LogP contribution in [0.4, 0.5) is 5.69 Å². The Kier molecular flexibility index (Phi) is 5.23. The summed E-state index contributed by atoms with van der Waals surface area (Å²) in [6.07, 6.45) is 0. The molecule has 1 aromatic heterocycles. The molecular formula is C16H17NO5S. The standard InChI is InChI=1S/C16H17NO5S/c1-9(10-4-5-23-8-10)15(18)17-12-6-11(16(19)20)7-13(21-2)14(12)22-3/h4-9H,1-3H3,(H,17,18)(H,19,20). The van der Waals surface area contributed by atoms with E-state index in [2.05, 4.69) is 5.32 Å². The second-order valence-corrected chi connectivity index (χ2v) is 5.61. The molecule has 2 N–H and O–H groups in total. The first kappa shape index (κ1) is 16.8. The van der Waals surface area contributed by atoms with Gasteiger partial charge in [-0.15, -0.1) is 0 Å². The Bertz CT molecular complexity index is 712. The summed E-state index contributed by atoms with van der Waals surface area (Å²) in [5.74, 6) is -1.22. The summed E-state index contributed by atoms with van der Waals surface area (Å²) in [6, 6.07) is 4.57. The third-order valence-corrected chi connectivity index (χ3v) is 4.12. The quantitative estimate of drug-likeness (QED) is 0.847. The van der Waals surface area contributed by atoms with Crippen molar-refractivity contribution in [3.05, 3.63) is 40.1 Å². The molecule has 0 bridgehead atoms. The highest BCUT2D eigenvalue weighted by atomic mass is 32.1. The van der Waals surface area contributed by atoms with Gasteiger partial charge in [0.1, 0.15) is 0 Å². The highest BCUT2D eigenvalue weighted by Crippen LogP contribution is 2.37. The first-order chi connectivity index (χ1) is 11.0. The maximum atomic E-state index is 12.4. The molecule has 1 aromatic carbocycles. The first-order valence-corrected chi connectivity index (χ1v) is 7.74. The van der Waals surface area contributed by atoms with Gasteiger partial charge in [0.25, 0.3) is 0 Å². The monoisotopic (exact) mass is 335 g/mol. The van der Waals surface area contributed by atoms with Crippen LogP contribution >= 0.6 is 11.3 Å². The van der Waals surface area contributed by atoms with Crippen molar-refractivity contribution in [2.45, 2.75) is 12.8 Å². The van der Waals surface area contributed by atoms with Crippen molar-refractivity contribution in [1.29, 1.82) is 0 Å². The minimum atomic E-state index is -1.12. The number of carbonyl (C=O) groups excluding carboxylic acids is 1. The van der Waals surface area contributed by atoms with E-state index in [1.807, 2.05) is 16.8 Å². The number of carboxylic acids is 1. The molecule has 2 aromatic rings. The highest BCUT2D eigenvalue weighted by molar-refractivity contribution is 7.08. The Balaban J connectivity index is 2.35. The van der Waals surface area contributed by atoms with E-state index in [0.29, 0.717) is 0 Å². The minimum absolute atomic E-state index is 0.00105. The van der Waals surface area contributed by atoms with Crippen molar-refractivity contribution < 1.29 is 24.2 Å². The fourth-order valence-electron chi connectivity index (χ4n) is 2.09. The second kappa shape index (κ2) is 7.15. The molecule has 1 heterocycles. The molecule has 1 atom stereocenters. The molecule has 1 amide bonds. The fraction of sp³-hybridized carbons (Fsp3) is 0.250. The number of aromatic carboxylic acids is 1. The van der Waals surface area contributed by atoms with Crippen LogP contribution in [0.3, 0.4) is 0 Å². The molecule has 0 saturated carbocycles. The number of anilines is 1. The SMILES string of the molecule is COc1cc(C(=O)O)cc(NC(=O)C(C)c2ccsc2)c1OC. The molecule has 0 aliphatic heterocycles. The number of carbonyl (C=O) groups is 2. The summed E-state index contributed by atoms with van der Waals surface area (Å²) in [4.78, 5) is 23.6. The zero-order valence-corrected chi connectivity index (χ0v) is 13.8. The molecule has 1 unspecified atom stereocenters. The van der Waals surface area contributed by atoms with Crippen molar-refractivity contribution >= 4 is 28.9 Å². The molecule has 7 heteroatoms. The van der Waals surface area contributed by atoms with Crippen LogP contribution < -0.4 is 14.8 Å². The number of methoxy groups -OCH3 is 2. The van der Waals surface area contributed by atoms with Crippen LogP contribution in [0, 0.1) is 0 Å². The normalized spacial score (nSPS) is 11.6. The van der Waals surface area contributed by atoms with Crippen molar-refractivity contribution in [3.8, 4) is 11.5 Å². The summed E-state index contributed by atoms with van der Waals surface area (Å²) in [5.41, 5.74) is 1.16. The molecule has 2 rings (SSSR count). The van der Waals surface area contributed by atoms with Gasteiger partial charge in [0, 0.05) is 0 Å². The zero-order chi connectivity index (χ0) is 17.0. The van der Waals surface area contributed by atoms with Crippen molar-refractivity contribution in [1.82, 2.24) is 0 Å². The Morgan fingerprint density at radius 3 is 2.52 bits per heavy atom. The van der Waals surface area contributed by atoms with Gasteiger partial charge >= 0.3 is 5.97 Å². The van der Waals surface area contributed by atoms with Gasteiger partial charge in [0.2, 0.25) is 5.91 Å². The Morgan fingerprint density at radius 1 is 1.26 bits per heavy atom. The number of hydrogen-bond acceptors (Lipinski definition) is 5. The van der Waals surface area contributed by atoms with E-state index < -0.39 is 5.97 Å². The van der Waals surface area contributed by atoms with E-state index in [-0.39, 0.29) is 34.6 Å². The molecule has 122 valence electrons. The first-order valence-electron chi connectivity index (χ1n) is 6.80. The predicted molar refractivity (Wildman–Crippen MR) is 87.9 cm³/mol. The summed E-state index contributed by atoms with van der Waals surface area (Å²) in [5, 5.41) is 15.7. The van der Waals surface area contributed by atoms with Gasteiger partial charge in [-0.05, 0) is 41.4 Å². The molecule has 0 radical (unpaired) electrons. The van der Waals surface area contributed by atoms with Crippen LogP contribution in [0.1, 0.15) is 28.8 Å². The summed E-state index contributed by atoms with van der Waals surface area (Å²) >= 11 is 1.51. The Hall–Kier alpha value is -2.54. The smallest absolute Gasteiger partial charge is 0.335 e. The zero-order valence-electron chi connectivity index (χ0n) is 13.0. The van der Waals surface area contributed by atoms with E-state index in [1.165, 1.54) is 37.7 Å². The van der Waals surface area contributed by atoms with Crippen LogP contribution in [0.5, 0.6) is 11.5 Å². The second-order valence-electron chi connectivity index (χ2n) is 4.83. The Labute approximate surface area is 137 Å². The topological polar surface area (TPSA) is 84.9 Å². The average Bonchev–Trinajstić information content (AvgIpc) is 3.07. The van der Waals surface area contributed by atoms with Crippen LogP contribution in [0.25, 0.3) is 0 Å². The van der Waals surface area contributed by atoms with Gasteiger partial charge in [0.15, 0.2) is 11.5 Å². The number of thiophene rings is 1. The third kappa shape index (κ3) is 3.62. The van der Waals surface area contributed by atoms with E-state index in [4.69, 9.17) is 9.47 Å².